The summed E-state index contributed by atoms with van der Waals surface area (Å²) in [5.74, 6) is -0.114. The van der Waals surface area contributed by atoms with E-state index in [4.69, 9.17) is 0 Å². The second kappa shape index (κ2) is 6.97. The lowest BCUT2D eigenvalue weighted by Crippen LogP contribution is -2.19. The molecule has 110 valence electrons. The predicted octanol–water partition coefficient (Wildman–Crippen LogP) is 4.95. The van der Waals surface area contributed by atoms with E-state index in [1.165, 1.54) is 11.8 Å². The molecule has 1 amide bonds. The summed E-state index contributed by atoms with van der Waals surface area (Å²) in [4.78, 5) is 17.1. The zero-order valence-electron chi connectivity index (χ0n) is 11.2. The van der Waals surface area contributed by atoms with E-state index in [1.807, 2.05) is 54.6 Å². The number of amidine groups is 1. The Bertz CT molecular complexity index is 787. The molecule has 0 unspecified atom stereocenters. The van der Waals surface area contributed by atoms with Crippen LogP contribution in [0, 0.1) is 3.57 Å². The third-order valence-corrected chi connectivity index (χ3v) is 4.97. The number of carbonyl (C=O) groups excluding carboxylic acids is 1. The van der Waals surface area contributed by atoms with E-state index < -0.39 is 0 Å². The van der Waals surface area contributed by atoms with Crippen LogP contribution in [-0.4, -0.2) is 11.1 Å². The van der Waals surface area contributed by atoms with Crippen molar-refractivity contribution in [2.24, 2.45) is 4.99 Å². The second-order valence-electron chi connectivity index (χ2n) is 4.51. The van der Waals surface area contributed by atoms with Crippen molar-refractivity contribution in [2.75, 3.05) is 0 Å². The largest absolute Gasteiger partial charge is 0.300 e. The lowest BCUT2D eigenvalue weighted by molar-refractivity contribution is -0.115. The van der Waals surface area contributed by atoms with Gasteiger partial charge in [0.15, 0.2) is 5.17 Å². The molecule has 1 fully saturated rings. The predicted molar refractivity (Wildman–Crippen MR) is 104 cm³/mol. The number of carbonyl (C=O) groups is 1. The first-order valence-electron chi connectivity index (χ1n) is 6.41. The van der Waals surface area contributed by atoms with Gasteiger partial charge in [-0.15, -0.1) is 0 Å². The van der Waals surface area contributed by atoms with E-state index in [2.05, 4.69) is 48.8 Å². The van der Waals surface area contributed by atoms with Crippen molar-refractivity contribution in [3.63, 3.8) is 0 Å². The molecule has 1 aliphatic rings. The van der Waals surface area contributed by atoms with Crippen molar-refractivity contribution in [2.45, 2.75) is 0 Å². The van der Waals surface area contributed by atoms with Crippen LogP contribution in [0.4, 0.5) is 5.69 Å². The summed E-state index contributed by atoms with van der Waals surface area (Å²) in [6.07, 6.45) is 1.86. The van der Waals surface area contributed by atoms with Gasteiger partial charge in [-0.1, -0.05) is 34.1 Å². The number of nitrogens with zero attached hydrogens (tertiary/aromatic N) is 1. The van der Waals surface area contributed by atoms with Crippen LogP contribution in [0.25, 0.3) is 6.08 Å². The van der Waals surface area contributed by atoms with E-state index in [1.54, 1.807) is 0 Å². The van der Waals surface area contributed by atoms with Gasteiger partial charge in [0, 0.05) is 8.04 Å². The van der Waals surface area contributed by atoms with Gasteiger partial charge in [-0.3, -0.25) is 4.79 Å². The molecular formula is C16H10BrIN2OS. The molecule has 0 saturated carbocycles. The highest BCUT2D eigenvalue weighted by molar-refractivity contribution is 14.1. The van der Waals surface area contributed by atoms with Gasteiger partial charge >= 0.3 is 0 Å². The first-order chi connectivity index (χ1) is 10.6. The number of aliphatic imine (C=N–C) groups is 1. The molecule has 6 heteroatoms. The molecular weight excluding hydrogens is 475 g/mol. The lowest BCUT2D eigenvalue weighted by Gasteiger charge is -1.97. The Hall–Kier alpha value is -1.12. The minimum Gasteiger partial charge on any atom is -0.300 e. The van der Waals surface area contributed by atoms with Crippen molar-refractivity contribution in [3.05, 3.63) is 67.0 Å². The Morgan fingerprint density at radius 3 is 2.68 bits per heavy atom. The molecule has 3 nitrogen and oxygen atoms in total. The van der Waals surface area contributed by atoms with Crippen LogP contribution in [0.15, 0.2) is 62.9 Å². The minimum absolute atomic E-state index is 0.114. The fourth-order valence-corrected chi connectivity index (χ4v) is 3.49. The van der Waals surface area contributed by atoms with Crippen molar-refractivity contribution < 1.29 is 4.79 Å². The smallest absolute Gasteiger partial charge is 0.264 e. The summed E-state index contributed by atoms with van der Waals surface area (Å²) in [5.41, 5.74) is 1.82. The number of benzene rings is 2. The van der Waals surface area contributed by atoms with Gasteiger partial charge in [-0.2, -0.15) is 0 Å². The van der Waals surface area contributed by atoms with Crippen molar-refractivity contribution in [1.82, 2.24) is 5.32 Å². The molecule has 2 aromatic rings. The third kappa shape index (κ3) is 3.99. The highest BCUT2D eigenvalue weighted by atomic mass is 127. The van der Waals surface area contributed by atoms with Crippen LogP contribution in [-0.2, 0) is 4.79 Å². The Labute approximate surface area is 154 Å². The Morgan fingerprint density at radius 1 is 1.18 bits per heavy atom. The minimum atomic E-state index is -0.114. The monoisotopic (exact) mass is 484 g/mol. The molecule has 0 bridgehead atoms. The average molecular weight is 485 g/mol. The van der Waals surface area contributed by atoms with Crippen LogP contribution < -0.4 is 5.32 Å². The molecule has 1 saturated heterocycles. The fraction of sp³-hybridized carbons (Fsp3) is 0. The second-order valence-corrected chi connectivity index (χ2v) is 7.71. The van der Waals surface area contributed by atoms with Crippen molar-refractivity contribution in [3.8, 4) is 0 Å². The number of hydrogen-bond donors (Lipinski definition) is 1. The van der Waals surface area contributed by atoms with Crippen LogP contribution in [0.2, 0.25) is 0 Å². The van der Waals surface area contributed by atoms with Gasteiger partial charge in [0.25, 0.3) is 5.91 Å². The molecule has 22 heavy (non-hydrogen) atoms. The molecule has 0 radical (unpaired) electrons. The van der Waals surface area contributed by atoms with Crippen LogP contribution in [0.3, 0.4) is 0 Å². The van der Waals surface area contributed by atoms with Crippen LogP contribution >= 0.6 is 50.3 Å². The molecule has 1 aliphatic heterocycles. The summed E-state index contributed by atoms with van der Waals surface area (Å²) >= 11 is 6.99. The van der Waals surface area contributed by atoms with Gasteiger partial charge in [0.2, 0.25) is 0 Å². The maximum Gasteiger partial charge on any atom is 0.264 e. The SMILES string of the molecule is O=C1NC(=Nc2cccc(I)c2)S/C1=C/c1ccc(Br)cc1. The summed E-state index contributed by atoms with van der Waals surface area (Å²) in [6.45, 7) is 0. The van der Waals surface area contributed by atoms with E-state index in [9.17, 15) is 4.79 Å². The molecule has 1 heterocycles. The van der Waals surface area contributed by atoms with Crippen LogP contribution in [0.5, 0.6) is 0 Å². The zero-order chi connectivity index (χ0) is 15.5. The topological polar surface area (TPSA) is 41.5 Å². The van der Waals surface area contributed by atoms with Crippen molar-refractivity contribution in [1.29, 1.82) is 0 Å². The number of halogens is 2. The maximum absolute atomic E-state index is 12.0. The van der Waals surface area contributed by atoms with Crippen molar-refractivity contribution >= 4 is 73.1 Å². The highest BCUT2D eigenvalue weighted by Crippen LogP contribution is 2.28. The summed E-state index contributed by atoms with van der Waals surface area (Å²) < 4.78 is 2.12. The number of thioether (sulfide) groups is 1. The third-order valence-electron chi connectivity index (χ3n) is 2.86. The number of hydrogen-bond acceptors (Lipinski definition) is 3. The molecule has 0 atom stereocenters. The van der Waals surface area contributed by atoms with E-state index in [0.717, 1.165) is 19.3 Å². The molecule has 3 rings (SSSR count). The first-order valence-corrected chi connectivity index (χ1v) is 9.10. The number of nitrogens with one attached hydrogen (secondary N) is 1. The van der Waals surface area contributed by atoms with Gasteiger partial charge in [-0.25, -0.2) is 4.99 Å². The molecule has 2 aromatic carbocycles. The standard InChI is InChI=1S/C16H10BrIN2OS/c17-11-6-4-10(5-7-11)8-14-15(21)20-16(22-14)19-13-3-1-2-12(18)9-13/h1-9H,(H,19,20,21)/b14-8+. The van der Waals surface area contributed by atoms with E-state index in [-0.39, 0.29) is 5.91 Å². The Kier molecular flexibility index (Phi) is 5.00. The number of amides is 1. The Balaban J connectivity index is 1.82. The average Bonchev–Trinajstić information content (AvgIpc) is 2.81. The fourth-order valence-electron chi connectivity index (χ4n) is 1.85. The molecule has 1 N–H and O–H groups in total. The highest BCUT2D eigenvalue weighted by Gasteiger charge is 2.23. The van der Waals surface area contributed by atoms with E-state index >= 15 is 0 Å². The quantitative estimate of drug-likeness (QED) is 0.484. The molecule has 0 aromatic heterocycles. The summed E-state index contributed by atoms with van der Waals surface area (Å²) in [6, 6.07) is 15.6. The molecule has 0 spiro atoms. The maximum atomic E-state index is 12.0. The summed E-state index contributed by atoms with van der Waals surface area (Å²) in [5, 5.41) is 3.40. The van der Waals surface area contributed by atoms with Gasteiger partial charge in [0.1, 0.15) is 0 Å². The zero-order valence-corrected chi connectivity index (χ0v) is 15.8. The van der Waals surface area contributed by atoms with E-state index in [0.29, 0.717) is 10.1 Å². The Morgan fingerprint density at radius 2 is 1.95 bits per heavy atom. The number of rotatable bonds is 2. The van der Waals surface area contributed by atoms with Gasteiger partial charge in [-0.05, 0) is 76.3 Å². The first kappa shape index (κ1) is 15.8. The van der Waals surface area contributed by atoms with Crippen LogP contribution in [0.1, 0.15) is 5.56 Å². The normalized spacial score (nSPS) is 18.0. The molecule has 0 aliphatic carbocycles. The summed E-state index contributed by atoms with van der Waals surface area (Å²) in [7, 11) is 0. The lowest BCUT2D eigenvalue weighted by atomic mass is 10.2. The van der Waals surface area contributed by atoms with Gasteiger partial charge < -0.3 is 5.32 Å². The van der Waals surface area contributed by atoms with Gasteiger partial charge in [0.05, 0.1) is 10.6 Å².